The number of nitrogens with one attached hydrogen (secondary N) is 1. The predicted octanol–water partition coefficient (Wildman–Crippen LogP) is 3.00. The summed E-state index contributed by atoms with van der Waals surface area (Å²) in [5.74, 6) is 1.61. The van der Waals surface area contributed by atoms with Crippen LogP contribution in [0, 0.1) is 11.3 Å². The fraction of sp³-hybridized carbons (Fsp3) is 0.647. The summed E-state index contributed by atoms with van der Waals surface area (Å²) >= 11 is 0. The Morgan fingerprint density at radius 3 is 2.87 bits per heavy atom. The van der Waals surface area contributed by atoms with E-state index in [0.29, 0.717) is 24.2 Å². The van der Waals surface area contributed by atoms with Crippen molar-refractivity contribution in [1.29, 1.82) is 0 Å². The summed E-state index contributed by atoms with van der Waals surface area (Å²) in [6.45, 7) is 7.34. The zero-order valence-electron chi connectivity index (χ0n) is 14.0. The molecule has 3 rings (SSSR count). The van der Waals surface area contributed by atoms with Crippen LogP contribution in [0.5, 0.6) is 0 Å². The number of aromatic nitrogens is 2. The Hall–Kier alpha value is -1.66. The van der Waals surface area contributed by atoms with Crippen LogP contribution in [0.3, 0.4) is 0 Å². The van der Waals surface area contributed by atoms with Crippen LogP contribution in [0.15, 0.2) is 27.5 Å². The first-order chi connectivity index (χ1) is 10.9. The van der Waals surface area contributed by atoms with E-state index in [1.165, 1.54) is 6.42 Å². The molecule has 2 N–H and O–H groups in total. The van der Waals surface area contributed by atoms with Crippen LogP contribution in [0.25, 0.3) is 11.4 Å². The fourth-order valence-corrected chi connectivity index (χ4v) is 4.15. The van der Waals surface area contributed by atoms with Gasteiger partial charge in [0.1, 0.15) is 6.26 Å². The molecule has 2 aromatic rings. The first kappa shape index (κ1) is 16.2. The van der Waals surface area contributed by atoms with Crippen LogP contribution in [0.4, 0.5) is 0 Å². The van der Waals surface area contributed by atoms with Gasteiger partial charge in [-0.05, 0) is 36.7 Å². The summed E-state index contributed by atoms with van der Waals surface area (Å²) in [5.41, 5.74) is 0.722. The van der Waals surface area contributed by atoms with E-state index in [0.717, 1.165) is 18.4 Å². The molecule has 2 heterocycles. The van der Waals surface area contributed by atoms with Gasteiger partial charge in [0.15, 0.2) is 0 Å². The Kier molecular flexibility index (Phi) is 4.29. The lowest BCUT2D eigenvalue weighted by Crippen LogP contribution is -2.54. The lowest BCUT2D eigenvalue weighted by Gasteiger charge is -2.47. The SMILES string of the molecule is CC1CC(C)(C)CC(CO)(NCc2nc(-c3ccoc3)no2)C1. The van der Waals surface area contributed by atoms with Gasteiger partial charge < -0.3 is 19.4 Å². The minimum atomic E-state index is -0.286. The Morgan fingerprint density at radius 2 is 2.22 bits per heavy atom. The standard InChI is InChI=1S/C17H25N3O3/c1-12-6-16(2,3)10-17(7-12,11-21)18-8-14-19-15(20-23-14)13-4-5-22-9-13/h4-5,9,12,18,21H,6-8,10-11H2,1-3H3. The predicted molar refractivity (Wildman–Crippen MR) is 85.5 cm³/mol. The van der Waals surface area contributed by atoms with Crippen molar-refractivity contribution in [2.45, 2.75) is 52.1 Å². The first-order valence-electron chi connectivity index (χ1n) is 8.12. The molecule has 0 saturated heterocycles. The second-order valence-corrected chi connectivity index (χ2v) is 7.67. The molecule has 0 spiro atoms. The topological polar surface area (TPSA) is 84.3 Å². The van der Waals surface area contributed by atoms with E-state index < -0.39 is 0 Å². The third-order valence-corrected chi connectivity index (χ3v) is 4.62. The van der Waals surface area contributed by atoms with Crippen LogP contribution >= 0.6 is 0 Å². The largest absolute Gasteiger partial charge is 0.472 e. The number of nitrogens with zero attached hydrogens (tertiary/aromatic N) is 2. The molecule has 0 aromatic carbocycles. The summed E-state index contributed by atoms with van der Waals surface area (Å²) in [4.78, 5) is 4.38. The van der Waals surface area contributed by atoms with Crippen LogP contribution in [0.2, 0.25) is 0 Å². The molecule has 1 aliphatic carbocycles. The minimum Gasteiger partial charge on any atom is -0.472 e. The maximum atomic E-state index is 9.98. The van der Waals surface area contributed by atoms with Gasteiger partial charge in [-0.3, -0.25) is 0 Å². The Labute approximate surface area is 136 Å². The van der Waals surface area contributed by atoms with Crippen molar-refractivity contribution in [3.63, 3.8) is 0 Å². The van der Waals surface area contributed by atoms with Crippen LogP contribution in [-0.2, 0) is 6.54 Å². The van der Waals surface area contributed by atoms with E-state index in [2.05, 4.69) is 36.2 Å². The summed E-state index contributed by atoms with van der Waals surface area (Å²) in [5, 5.41) is 17.4. The van der Waals surface area contributed by atoms with E-state index >= 15 is 0 Å². The Bertz CT molecular complexity index is 635. The van der Waals surface area contributed by atoms with Gasteiger partial charge in [0, 0.05) is 5.54 Å². The van der Waals surface area contributed by atoms with Gasteiger partial charge in [0.2, 0.25) is 11.7 Å². The normalized spacial score (nSPS) is 27.2. The van der Waals surface area contributed by atoms with Crippen LogP contribution < -0.4 is 5.32 Å². The lowest BCUT2D eigenvalue weighted by atomic mass is 9.64. The summed E-state index contributed by atoms with van der Waals surface area (Å²) < 4.78 is 10.3. The van der Waals surface area contributed by atoms with E-state index in [9.17, 15) is 5.11 Å². The fourth-order valence-electron chi connectivity index (χ4n) is 4.15. The molecule has 6 nitrogen and oxygen atoms in total. The third-order valence-electron chi connectivity index (χ3n) is 4.62. The molecular weight excluding hydrogens is 294 g/mol. The second kappa shape index (κ2) is 6.09. The Balaban J connectivity index is 1.68. The van der Waals surface area contributed by atoms with Gasteiger partial charge in [-0.1, -0.05) is 25.9 Å². The van der Waals surface area contributed by atoms with Crippen LogP contribution in [-0.4, -0.2) is 27.4 Å². The van der Waals surface area contributed by atoms with Gasteiger partial charge >= 0.3 is 0 Å². The average Bonchev–Trinajstić information content (AvgIpc) is 3.14. The van der Waals surface area contributed by atoms with Crippen molar-refractivity contribution in [3.8, 4) is 11.4 Å². The Morgan fingerprint density at radius 1 is 1.39 bits per heavy atom. The number of furan rings is 1. The van der Waals surface area contributed by atoms with Crippen molar-refractivity contribution >= 4 is 0 Å². The van der Waals surface area contributed by atoms with Crippen molar-refractivity contribution in [3.05, 3.63) is 24.5 Å². The van der Waals surface area contributed by atoms with Gasteiger partial charge in [-0.25, -0.2) is 0 Å². The third kappa shape index (κ3) is 3.64. The second-order valence-electron chi connectivity index (χ2n) is 7.67. The van der Waals surface area contributed by atoms with E-state index in [4.69, 9.17) is 8.94 Å². The van der Waals surface area contributed by atoms with Crippen LogP contribution in [0.1, 0.15) is 45.9 Å². The lowest BCUT2D eigenvalue weighted by molar-refractivity contribution is 0.0335. The maximum Gasteiger partial charge on any atom is 0.240 e. The molecule has 0 amide bonds. The molecule has 126 valence electrons. The summed E-state index contributed by atoms with van der Waals surface area (Å²) in [7, 11) is 0. The molecular formula is C17H25N3O3. The number of aliphatic hydroxyl groups is 1. The van der Waals surface area contributed by atoms with Gasteiger partial charge in [-0.15, -0.1) is 0 Å². The minimum absolute atomic E-state index is 0.115. The maximum absolute atomic E-state index is 9.98. The molecule has 2 unspecified atom stereocenters. The zero-order valence-corrected chi connectivity index (χ0v) is 14.0. The van der Waals surface area contributed by atoms with E-state index in [1.54, 1.807) is 18.6 Å². The van der Waals surface area contributed by atoms with E-state index in [1.807, 2.05) is 0 Å². The average molecular weight is 319 g/mol. The summed E-state index contributed by atoms with van der Waals surface area (Å²) in [6, 6.07) is 1.79. The highest BCUT2D eigenvalue weighted by Crippen LogP contribution is 2.43. The number of hydrogen-bond donors (Lipinski definition) is 2. The van der Waals surface area contributed by atoms with Crippen molar-refractivity contribution in [2.24, 2.45) is 11.3 Å². The molecule has 23 heavy (non-hydrogen) atoms. The number of rotatable bonds is 5. The van der Waals surface area contributed by atoms with Crippen molar-refractivity contribution in [2.75, 3.05) is 6.61 Å². The highest BCUT2D eigenvalue weighted by atomic mass is 16.5. The first-order valence-corrected chi connectivity index (χ1v) is 8.12. The van der Waals surface area contributed by atoms with Gasteiger partial charge in [0.25, 0.3) is 0 Å². The molecule has 0 bridgehead atoms. The van der Waals surface area contributed by atoms with Gasteiger partial charge in [0.05, 0.1) is 25.0 Å². The molecule has 6 heteroatoms. The molecule has 0 radical (unpaired) electrons. The zero-order chi connectivity index (χ0) is 16.5. The molecule has 1 fully saturated rings. The summed E-state index contributed by atoms with van der Waals surface area (Å²) in [6.07, 6.45) is 6.24. The molecule has 0 aliphatic heterocycles. The molecule has 1 aliphatic rings. The monoisotopic (exact) mass is 319 g/mol. The molecule has 2 aromatic heterocycles. The molecule has 2 atom stereocenters. The number of aliphatic hydroxyl groups excluding tert-OH is 1. The smallest absolute Gasteiger partial charge is 0.240 e. The van der Waals surface area contributed by atoms with Crippen molar-refractivity contribution in [1.82, 2.24) is 15.5 Å². The van der Waals surface area contributed by atoms with Crippen molar-refractivity contribution < 1.29 is 14.0 Å². The molecule has 1 saturated carbocycles. The highest BCUT2D eigenvalue weighted by Gasteiger charge is 2.42. The quantitative estimate of drug-likeness (QED) is 0.881. The highest BCUT2D eigenvalue weighted by molar-refractivity contribution is 5.51. The van der Waals surface area contributed by atoms with E-state index in [-0.39, 0.29) is 17.6 Å². The van der Waals surface area contributed by atoms with Gasteiger partial charge in [-0.2, -0.15) is 4.98 Å². The number of hydrogen-bond acceptors (Lipinski definition) is 6.